The van der Waals surface area contributed by atoms with Crippen LogP contribution in [0.25, 0.3) is 0 Å². The van der Waals surface area contributed by atoms with Crippen molar-refractivity contribution >= 4 is 5.78 Å². The summed E-state index contributed by atoms with van der Waals surface area (Å²) in [6, 6.07) is 0. The summed E-state index contributed by atoms with van der Waals surface area (Å²) < 4.78 is 0. The molecule has 3 aliphatic rings. The Morgan fingerprint density at radius 1 is 0.938 bits per heavy atom. The van der Waals surface area contributed by atoms with E-state index in [1.54, 1.807) is 0 Å². The molecule has 0 aliphatic heterocycles. The molecule has 0 bridgehead atoms. The number of Topliss-reactive ketones (excluding diaryl/α,β-unsaturated/α-hetero) is 1. The van der Waals surface area contributed by atoms with Gasteiger partial charge >= 0.3 is 0 Å². The zero-order chi connectivity index (χ0) is 11.8. The van der Waals surface area contributed by atoms with Gasteiger partial charge in [-0.25, -0.2) is 0 Å². The van der Waals surface area contributed by atoms with Crippen molar-refractivity contribution in [2.75, 3.05) is 0 Å². The molecule has 0 aromatic heterocycles. The molecule has 0 heterocycles. The summed E-state index contributed by atoms with van der Waals surface area (Å²) >= 11 is 0. The predicted octanol–water partition coefficient (Wildman–Crippen LogP) is 3.96. The van der Waals surface area contributed by atoms with Crippen molar-refractivity contribution in [1.29, 1.82) is 0 Å². The Balaban J connectivity index is 2.19. The largest absolute Gasteiger partial charge is 0.299 e. The quantitative estimate of drug-likeness (QED) is 0.604. The summed E-state index contributed by atoms with van der Waals surface area (Å²) in [6.07, 6.45) is 7.06. The number of rotatable bonds is 0. The molecule has 0 aromatic rings. The average molecular weight is 220 g/mol. The van der Waals surface area contributed by atoms with Crippen LogP contribution in [0.1, 0.15) is 66.2 Å². The lowest BCUT2D eigenvalue weighted by atomic mass is 9.45. The van der Waals surface area contributed by atoms with E-state index in [0.29, 0.717) is 11.2 Å². The van der Waals surface area contributed by atoms with Crippen LogP contribution in [0.15, 0.2) is 0 Å². The Bertz CT molecular complexity index is 364. The van der Waals surface area contributed by atoms with Crippen molar-refractivity contribution in [3.05, 3.63) is 0 Å². The van der Waals surface area contributed by atoms with Crippen molar-refractivity contribution in [3.8, 4) is 0 Å². The molecule has 3 fully saturated rings. The normalized spacial score (nSPS) is 48.1. The Morgan fingerprint density at radius 2 is 1.56 bits per heavy atom. The second-order valence-corrected chi connectivity index (χ2v) is 7.61. The van der Waals surface area contributed by atoms with E-state index in [1.807, 2.05) is 0 Å². The van der Waals surface area contributed by atoms with Crippen molar-refractivity contribution < 1.29 is 4.79 Å². The van der Waals surface area contributed by atoms with E-state index >= 15 is 0 Å². The third-order valence-electron chi connectivity index (χ3n) is 6.88. The van der Waals surface area contributed by atoms with Crippen LogP contribution in [0.3, 0.4) is 0 Å². The van der Waals surface area contributed by atoms with Gasteiger partial charge in [0.25, 0.3) is 0 Å². The fourth-order valence-corrected chi connectivity index (χ4v) is 5.43. The molecule has 0 unspecified atom stereocenters. The number of carbonyl (C=O) groups is 1. The lowest BCUT2D eigenvalue weighted by Crippen LogP contribution is -2.52. The summed E-state index contributed by atoms with van der Waals surface area (Å²) in [5.41, 5.74) is 0.957. The molecule has 3 saturated carbocycles. The number of hydrogen-bond donors (Lipinski definition) is 0. The number of ketones is 1. The summed E-state index contributed by atoms with van der Waals surface area (Å²) in [4.78, 5) is 12.4. The van der Waals surface area contributed by atoms with E-state index in [2.05, 4.69) is 27.7 Å². The SMILES string of the molecule is CC1(C)CCC[C@]2(C)CC(=O)C3(CC3)[C@]12C. The van der Waals surface area contributed by atoms with E-state index in [0.717, 1.165) is 6.42 Å². The van der Waals surface area contributed by atoms with E-state index in [9.17, 15) is 4.79 Å². The zero-order valence-electron chi connectivity index (χ0n) is 11.2. The van der Waals surface area contributed by atoms with Crippen LogP contribution in [-0.2, 0) is 4.79 Å². The average Bonchev–Trinajstić information content (AvgIpc) is 2.91. The van der Waals surface area contributed by atoms with Crippen molar-refractivity contribution in [2.45, 2.75) is 66.2 Å². The Hall–Kier alpha value is -0.330. The highest BCUT2D eigenvalue weighted by Crippen LogP contribution is 2.80. The third kappa shape index (κ3) is 0.855. The van der Waals surface area contributed by atoms with Gasteiger partial charge in [0.1, 0.15) is 5.78 Å². The summed E-state index contributed by atoms with van der Waals surface area (Å²) in [6.45, 7) is 9.63. The minimum absolute atomic E-state index is 0.0890. The third-order valence-corrected chi connectivity index (χ3v) is 6.88. The highest BCUT2D eigenvalue weighted by molar-refractivity contribution is 5.92. The minimum atomic E-state index is 0.0890. The predicted molar refractivity (Wildman–Crippen MR) is 65.1 cm³/mol. The molecular weight excluding hydrogens is 196 g/mol. The molecule has 1 spiro atoms. The van der Waals surface area contributed by atoms with Gasteiger partial charge in [0.05, 0.1) is 0 Å². The summed E-state index contributed by atoms with van der Waals surface area (Å²) in [7, 11) is 0. The first-order chi connectivity index (χ1) is 7.29. The zero-order valence-corrected chi connectivity index (χ0v) is 11.2. The van der Waals surface area contributed by atoms with Crippen molar-refractivity contribution in [2.24, 2.45) is 21.7 Å². The van der Waals surface area contributed by atoms with E-state index in [1.165, 1.54) is 32.1 Å². The summed E-state index contributed by atoms with van der Waals surface area (Å²) in [5, 5.41) is 0. The molecule has 0 amide bonds. The molecule has 3 rings (SSSR count). The van der Waals surface area contributed by atoms with Crippen LogP contribution in [0, 0.1) is 21.7 Å². The molecule has 0 saturated heterocycles. The van der Waals surface area contributed by atoms with Gasteiger partial charge < -0.3 is 0 Å². The van der Waals surface area contributed by atoms with Crippen LogP contribution in [-0.4, -0.2) is 5.78 Å². The molecule has 1 nitrogen and oxygen atoms in total. The maximum absolute atomic E-state index is 12.4. The Labute approximate surface area is 99.0 Å². The van der Waals surface area contributed by atoms with Gasteiger partial charge in [0.2, 0.25) is 0 Å². The molecule has 16 heavy (non-hydrogen) atoms. The molecule has 90 valence electrons. The smallest absolute Gasteiger partial charge is 0.140 e. The standard InChI is InChI=1S/C15H24O/c1-12(2)6-5-7-13(3)10-11(16)15(8-9-15)14(12,13)4/h5-10H2,1-4H3/t13-,14-/m1/s1. The van der Waals surface area contributed by atoms with Crippen LogP contribution < -0.4 is 0 Å². The van der Waals surface area contributed by atoms with Gasteiger partial charge in [0, 0.05) is 11.8 Å². The van der Waals surface area contributed by atoms with E-state index in [-0.39, 0.29) is 16.2 Å². The Morgan fingerprint density at radius 3 is 2.12 bits per heavy atom. The van der Waals surface area contributed by atoms with Gasteiger partial charge in [-0.3, -0.25) is 4.79 Å². The molecule has 1 heteroatoms. The maximum atomic E-state index is 12.4. The number of carbonyl (C=O) groups excluding carboxylic acids is 1. The van der Waals surface area contributed by atoms with E-state index < -0.39 is 0 Å². The minimum Gasteiger partial charge on any atom is -0.299 e. The van der Waals surface area contributed by atoms with Crippen LogP contribution in [0.4, 0.5) is 0 Å². The lowest BCUT2D eigenvalue weighted by Gasteiger charge is -2.58. The maximum Gasteiger partial charge on any atom is 0.140 e. The molecule has 0 N–H and O–H groups in total. The second kappa shape index (κ2) is 2.57. The molecule has 0 aromatic carbocycles. The number of fused-ring (bicyclic) bond motifs is 2. The first-order valence-corrected chi connectivity index (χ1v) is 6.83. The first kappa shape index (κ1) is 10.8. The highest BCUT2D eigenvalue weighted by atomic mass is 16.1. The molecule has 0 radical (unpaired) electrons. The van der Waals surface area contributed by atoms with Crippen molar-refractivity contribution in [3.63, 3.8) is 0 Å². The van der Waals surface area contributed by atoms with Gasteiger partial charge in [-0.2, -0.15) is 0 Å². The lowest BCUT2D eigenvalue weighted by molar-refractivity contribution is -0.131. The van der Waals surface area contributed by atoms with Gasteiger partial charge in [0.15, 0.2) is 0 Å². The van der Waals surface area contributed by atoms with Gasteiger partial charge in [-0.15, -0.1) is 0 Å². The molecule has 2 atom stereocenters. The fourth-order valence-electron chi connectivity index (χ4n) is 5.43. The monoisotopic (exact) mass is 220 g/mol. The van der Waals surface area contributed by atoms with Crippen LogP contribution >= 0.6 is 0 Å². The fraction of sp³-hybridized carbons (Fsp3) is 0.933. The first-order valence-electron chi connectivity index (χ1n) is 6.83. The second-order valence-electron chi connectivity index (χ2n) is 7.61. The van der Waals surface area contributed by atoms with Crippen LogP contribution in [0.2, 0.25) is 0 Å². The van der Waals surface area contributed by atoms with Crippen molar-refractivity contribution in [1.82, 2.24) is 0 Å². The molecule has 3 aliphatic carbocycles. The van der Waals surface area contributed by atoms with Crippen LogP contribution in [0.5, 0.6) is 0 Å². The molecular formula is C15H24O. The Kier molecular flexibility index (Phi) is 1.73. The van der Waals surface area contributed by atoms with E-state index in [4.69, 9.17) is 0 Å². The van der Waals surface area contributed by atoms with Gasteiger partial charge in [-0.1, -0.05) is 34.1 Å². The van der Waals surface area contributed by atoms with Gasteiger partial charge in [-0.05, 0) is 41.9 Å². The topological polar surface area (TPSA) is 17.1 Å². The number of hydrogen-bond acceptors (Lipinski definition) is 1. The highest BCUT2D eigenvalue weighted by Gasteiger charge is 2.76. The summed E-state index contributed by atoms with van der Waals surface area (Å²) in [5.74, 6) is 0.590.